The smallest absolute Gasteiger partial charge is 0.0656 e. The van der Waals surface area contributed by atoms with E-state index in [9.17, 15) is 0 Å². The predicted molar refractivity (Wildman–Crippen MR) is 67.5 cm³/mol. The Morgan fingerprint density at radius 1 is 1.13 bits per heavy atom. The Bertz CT molecular complexity index is 207. The zero-order valence-corrected chi connectivity index (χ0v) is 11.6. The van der Waals surface area contributed by atoms with Crippen LogP contribution in [0, 0.1) is 5.41 Å². The second-order valence-corrected chi connectivity index (χ2v) is 6.63. The topological polar surface area (TPSA) is 9.23 Å². The van der Waals surface area contributed by atoms with Gasteiger partial charge in [-0.25, -0.2) is 0 Å². The lowest BCUT2D eigenvalue weighted by Gasteiger charge is -2.54. The summed E-state index contributed by atoms with van der Waals surface area (Å²) in [6, 6.07) is 0. The van der Waals surface area contributed by atoms with Crippen molar-refractivity contribution in [1.29, 1.82) is 0 Å². The van der Waals surface area contributed by atoms with Crippen LogP contribution in [0.4, 0.5) is 0 Å². The van der Waals surface area contributed by atoms with E-state index in [1.165, 1.54) is 44.9 Å². The molecule has 1 spiro atoms. The highest BCUT2D eigenvalue weighted by Crippen LogP contribution is 2.55. The Balaban J connectivity index is 2.01. The van der Waals surface area contributed by atoms with Crippen molar-refractivity contribution in [2.75, 3.05) is 0 Å². The van der Waals surface area contributed by atoms with E-state index >= 15 is 0 Å². The van der Waals surface area contributed by atoms with Crippen LogP contribution in [0.15, 0.2) is 0 Å². The van der Waals surface area contributed by atoms with Gasteiger partial charge in [-0.3, -0.25) is 0 Å². The van der Waals surface area contributed by atoms with E-state index in [4.69, 9.17) is 4.74 Å². The fourth-order valence-electron chi connectivity index (χ4n) is 3.24. The van der Waals surface area contributed by atoms with E-state index in [-0.39, 0.29) is 0 Å². The molecule has 15 heavy (non-hydrogen) atoms. The van der Waals surface area contributed by atoms with Gasteiger partial charge < -0.3 is 4.74 Å². The van der Waals surface area contributed by atoms with Gasteiger partial charge in [0.25, 0.3) is 0 Å². The molecule has 2 rings (SSSR count). The molecule has 0 amide bonds. The molecule has 2 fully saturated rings. The Morgan fingerprint density at radius 3 is 2.20 bits per heavy atom. The van der Waals surface area contributed by atoms with E-state index < -0.39 is 0 Å². The summed E-state index contributed by atoms with van der Waals surface area (Å²) in [6.07, 6.45) is 10.5. The second-order valence-electron chi connectivity index (χ2n) is 5.52. The minimum absolute atomic E-state index is 0.384. The summed E-state index contributed by atoms with van der Waals surface area (Å²) in [4.78, 5) is 0.715. The third-order valence-corrected chi connectivity index (χ3v) is 5.44. The summed E-state index contributed by atoms with van der Waals surface area (Å²) < 4.78 is 6.08. The molecule has 0 saturated heterocycles. The molecule has 0 heterocycles. The van der Waals surface area contributed by atoms with Gasteiger partial charge in [-0.15, -0.1) is 0 Å². The molecule has 1 nitrogen and oxygen atoms in total. The molecule has 0 aromatic heterocycles. The molecular formula is C13H23BrO. The standard InChI is InChI=1S/C13H23BrO/c1-10(2)15-12-9-11(14)13(12)7-5-3-4-6-8-13/h10-12H,3-9H2,1-2H3. The van der Waals surface area contributed by atoms with Gasteiger partial charge in [0.2, 0.25) is 0 Å². The van der Waals surface area contributed by atoms with Gasteiger partial charge in [-0.1, -0.05) is 41.6 Å². The van der Waals surface area contributed by atoms with Crippen LogP contribution < -0.4 is 0 Å². The van der Waals surface area contributed by atoms with E-state index in [0.29, 0.717) is 22.5 Å². The summed E-state index contributed by atoms with van der Waals surface area (Å²) in [7, 11) is 0. The number of hydrogen-bond donors (Lipinski definition) is 0. The van der Waals surface area contributed by atoms with Gasteiger partial charge in [0.1, 0.15) is 0 Å². The lowest BCUT2D eigenvalue weighted by atomic mass is 9.61. The van der Waals surface area contributed by atoms with Gasteiger partial charge in [0, 0.05) is 10.2 Å². The van der Waals surface area contributed by atoms with Crippen LogP contribution in [0.25, 0.3) is 0 Å². The van der Waals surface area contributed by atoms with Crippen molar-refractivity contribution in [3.05, 3.63) is 0 Å². The molecule has 0 aromatic carbocycles. The predicted octanol–water partition coefficient (Wildman–Crippen LogP) is 4.29. The molecule has 2 unspecified atom stereocenters. The zero-order chi connectivity index (χ0) is 10.9. The van der Waals surface area contributed by atoms with Crippen LogP contribution in [0.1, 0.15) is 58.8 Å². The Kier molecular flexibility index (Phi) is 3.77. The first-order valence-electron chi connectivity index (χ1n) is 6.45. The third-order valence-electron chi connectivity index (χ3n) is 4.16. The van der Waals surface area contributed by atoms with Crippen LogP contribution in [0.5, 0.6) is 0 Å². The van der Waals surface area contributed by atoms with Gasteiger partial charge in [0.05, 0.1) is 12.2 Å². The molecule has 0 radical (unpaired) electrons. The lowest BCUT2D eigenvalue weighted by molar-refractivity contribution is -0.133. The van der Waals surface area contributed by atoms with Crippen molar-refractivity contribution in [2.24, 2.45) is 5.41 Å². The summed E-state index contributed by atoms with van der Waals surface area (Å²) in [5.41, 5.74) is 0.487. The minimum Gasteiger partial charge on any atom is -0.375 e. The largest absolute Gasteiger partial charge is 0.375 e. The lowest BCUT2D eigenvalue weighted by Crippen LogP contribution is -2.55. The van der Waals surface area contributed by atoms with Crippen LogP contribution in [0.2, 0.25) is 0 Å². The van der Waals surface area contributed by atoms with Crippen LogP contribution >= 0.6 is 15.9 Å². The Hall–Kier alpha value is 0.440. The van der Waals surface area contributed by atoms with Crippen molar-refractivity contribution in [2.45, 2.75) is 75.8 Å². The first kappa shape index (κ1) is 11.9. The number of rotatable bonds is 2. The van der Waals surface area contributed by atoms with Crippen LogP contribution in [-0.4, -0.2) is 17.0 Å². The molecule has 0 aliphatic heterocycles. The third kappa shape index (κ3) is 2.26. The summed E-state index contributed by atoms with van der Waals surface area (Å²) in [5, 5.41) is 0. The van der Waals surface area contributed by atoms with Crippen molar-refractivity contribution in [3.63, 3.8) is 0 Å². The molecule has 2 saturated carbocycles. The monoisotopic (exact) mass is 274 g/mol. The SMILES string of the molecule is CC(C)OC1CC(Br)C12CCCCCC2. The maximum Gasteiger partial charge on any atom is 0.0656 e. The first-order valence-corrected chi connectivity index (χ1v) is 7.36. The van der Waals surface area contributed by atoms with E-state index in [1.54, 1.807) is 0 Å². The van der Waals surface area contributed by atoms with E-state index in [2.05, 4.69) is 29.8 Å². The molecule has 0 aromatic rings. The van der Waals surface area contributed by atoms with Crippen molar-refractivity contribution in [3.8, 4) is 0 Å². The zero-order valence-electron chi connectivity index (χ0n) is 9.97. The fraction of sp³-hybridized carbons (Fsp3) is 1.00. The first-order chi connectivity index (χ1) is 7.15. The maximum absolute atomic E-state index is 6.08. The molecule has 2 aliphatic rings. The van der Waals surface area contributed by atoms with Crippen LogP contribution in [0.3, 0.4) is 0 Å². The molecule has 2 heteroatoms. The summed E-state index contributed by atoms with van der Waals surface area (Å²) in [6.45, 7) is 4.32. The minimum atomic E-state index is 0.384. The van der Waals surface area contributed by atoms with Crippen molar-refractivity contribution < 1.29 is 4.74 Å². The molecule has 88 valence electrons. The summed E-state index contributed by atoms with van der Waals surface area (Å²) in [5.74, 6) is 0. The Labute approximate surface area is 102 Å². The molecule has 2 aliphatic carbocycles. The second kappa shape index (κ2) is 4.75. The molecule has 2 atom stereocenters. The number of ether oxygens (including phenoxy) is 1. The van der Waals surface area contributed by atoms with Gasteiger partial charge in [-0.05, 0) is 33.1 Å². The van der Waals surface area contributed by atoms with Gasteiger partial charge >= 0.3 is 0 Å². The average Bonchev–Trinajstić information content (AvgIpc) is 2.43. The van der Waals surface area contributed by atoms with Crippen molar-refractivity contribution in [1.82, 2.24) is 0 Å². The maximum atomic E-state index is 6.08. The highest BCUT2D eigenvalue weighted by Gasteiger charge is 2.54. The van der Waals surface area contributed by atoms with Crippen molar-refractivity contribution >= 4 is 15.9 Å². The van der Waals surface area contributed by atoms with E-state index in [1.807, 2.05) is 0 Å². The summed E-state index contributed by atoms with van der Waals surface area (Å²) >= 11 is 3.86. The normalized spacial score (nSPS) is 35.2. The molecular weight excluding hydrogens is 252 g/mol. The molecule has 0 N–H and O–H groups in total. The Morgan fingerprint density at radius 2 is 1.73 bits per heavy atom. The number of halogens is 1. The highest BCUT2D eigenvalue weighted by molar-refractivity contribution is 9.09. The quantitative estimate of drug-likeness (QED) is 0.683. The van der Waals surface area contributed by atoms with Crippen LogP contribution in [-0.2, 0) is 4.74 Å². The van der Waals surface area contributed by atoms with Gasteiger partial charge in [-0.2, -0.15) is 0 Å². The fourth-order valence-corrected chi connectivity index (χ4v) is 4.33. The van der Waals surface area contributed by atoms with E-state index in [0.717, 1.165) is 0 Å². The average molecular weight is 275 g/mol. The highest BCUT2D eigenvalue weighted by atomic mass is 79.9. The number of hydrogen-bond acceptors (Lipinski definition) is 1. The number of alkyl halides is 1. The molecule has 0 bridgehead atoms. The van der Waals surface area contributed by atoms with Gasteiger partial charge in [0.15, 0.2) is 0 Å².